The summed E-state index contributed by atoms with van der Waals surface area (Å²) in [6.07, 6.45) is 4.30. The van der Waals surface area contributed by atoms with Crippen LogP contribution in [0.15, 0.2) is 259 Å². The van der Waals surface area contributed by atoms with E-state index in [1.807, 2.05) is 30.3 Å². The number of fused-ring (bicyclic) bond motifs is 11. The molecular formula is C67H55N3O. The minimum absolute atomic E-state index is 0.685. The van der Waals surface area contributed by atoms with Crippen molar-refractivity contribution in [2.75, 3.05) is 0 Å². The molecule has 0 amide bonds. The molecule has 0 aliphatic carbocycles. The lowest BCUT2D eigenvalue weighted by Gasteiger charge is -2.15. The smallest absolute Gasteiger partial charge is 0.145 e. The van der Waals surface area contributed by atoms with Crippen LogP contribution in [0.2, 0.25) is 0 Å². The van der Waals surface area contributed by atoms with Crippen LogP contribution in [0.5, 0.6) is 0 Å². The molecule has 0 aliphatic rings. The van der Waals surface area contributed by atoms with E-state index >= 15 is 0 Å². The van der Waals surface area contributed by atoms with Crippen LogP contribution < -0.4 is 5.32 Å². The predicted octanol–water partition coefficient (Wildman–Crippen LogP) is 17.4. The first-order valence-electron chi connectivity index (χ1n) is 24.7. The zero-order chi connectivity index (χ0) is 47.9. The minimum Gasteiger partial charge on any atom is -0.455 e. The lowest BCUT2D eigenvalue weighted by Crippen LogP contribution is -2.12. The van der Waals surface area contributed by atoms with Gasteiger partial charge in [0.15, 0.2) is 0 Å². The highest BCUT2D eigenvalue weighted by atomic mass is 16.3. The van der Waals surface area contributed by atoms with Crippen LogP contribution in [0.4, 0.5) is 0 Å². The molecule has 4 nitrogen and oxygen atoms in total. The molecule has 3 aromatic heterocycles. The highest BCUT2D eigenvalue weighted by Crippen LogP contribution is 2.45. The number of aryl methyl sites for hydroxylation is 2. The largest absolute Gasteiger partial charge is 0.455 e. The summed E-state index contributed by atoms with van der Waals surface area (Å²) in [5.74, 6) is 0. The average Bonchev–Trinajstić information content (AvgIpc) is 4.11. The Kier molecular flexibility index (Phi) is 12.8. The summed E-state index contributed by atoms with van der Waals surface area (Å²) in [6, 6.07) is 88.0. The van der Waals surface area contributed by atoms with E-state index in [0.29, 0.717) is 6.54 Å². The average molecular weight is 918 g/mol. The van der Waals surface area contributed by atoms with Gasteiger partial charge in [0.05, 0.1) is 27.5 Å². The number of allylic oxidation sites excluding steroid dienone is 1. The van der Waals surface area contributed by atoms with Gasteiger partial charge in [-0.3, -0.25) is 0 Å². The van der Waals surface area contributed by atoms with Crippen LogP contribution in [0, 0.1) is 6.92 Å². The Bertz CT molecular complexity index is 3920. The second kappa shape index (κ2) is 20.4. The third-order valence-corrected chi connectivity index (χ3v) is 13.4. The number of hydrogen-bond donors (Lipinski definition) is 1. The Labute approximate surface area is 415 Å². The van der Waals surface area contributed by atoms with E-state index in [1.54, 1.807) is 0 Å². The number of nitrogens with zero attached hydrogens (tertiary/aromatic N) is 2. The first kappa shape index (κ1) is 44.6. The number of nitrogens with one attached hydrogen (secondary N) is 1. The van der Waals surface area contributed by atoms with E-state index in [1.165, 1.54) is 55.0 Å². The van der Waals surface area contributed by atoms with Gasteiger partial charge in [0.25, 0.3) is 0 Å². The summed E-state index contributed by atoms with van der Waals surface area (Å²) in [5, 5.41) is 10.8. The van der Waals surface area contributed by atoms with Crippen molar-refractivity contribution in [1.82, 2.24) is 14.5 Å². The lowest BCUT2D eigenvalue weighted by atomic mass is 10.1. The summed E-state index contributed by atoms with van der Waals surface area (Å²) in [5.41, 5.74) is 16.2. The molecule has 0 fully saturated rings. The molecule has 1 N–H and O–H groups in total. The molecular weight excluding hydrogens is 863 g/mol. The zero-order valence-electron chi connectivity index (χ0n) is 40.2. The van der Waals surface area contributed by atoms with E-state index in [0.717, 1.165) is 68.3 Å². The molecule has 0 spiro atoms. The van der Waals surface area contributed by atoms with E-state index in [-0.39, 0.29) is 0 Å². The van der Waals surface area contributed by atoms with Gasteiger partial charge in [-0.15, -0.1) is 0 Å². The molecule has 0 aliphatic heterocycles. The van der Waals surface area contributed by atoms with Gasteiger partial charge in [0.2, 0.25) is 0 Å². The summed E-state index contributed by atoms with van der Waals surface area (Å²) in [6.45, 7) is 4.93. The predicted molar refractivity (Wildman–Crippen MR) is 301 cm³/mol. The molecule has 0 radical (unpaired) electrons. The maximum Gasteiger partial charge on any atom is 0.145 e. The van der Waals surface area contributed by atoms with E-state index in [9.17, 15) is 0 Å². The van der Waals surface area contributed by atoms with Crippen LogP contribution in [-0.2, 0) is 19.4 Å². The third-order valence-electron chi connectivity index (χ3n) is 13.4. The fourth-order valence-electron chi connectivity index (χ4n) is 9.92. The quantitative estimate of drug-likeness (QED) is 0.157. The Morgan fingerprint density at radius 2 is 1.00 bits per heavy atom. The Hall–Kier alpha value is -8.86. The van der Waals surface area contributed by atoms with Crippen molar-refractivity contribution in [2.24, 2.45) is 0 Å². The molecule has 0 bridgehead atoms. The molecule has 13 aromatic rings. The molecule has 344 valence electrons. The van der Waals surface area contributed by atoms with Crippen LogP contribution in [0.3, 0.4) is 0 Å². The van der Waals surface area contributed by atoms with Crippen LogP contribution in [0.1, 0.15) is 34.7 Å². The molecule has 0 atom stereocenters. The monoisotopic (exact) mass is 917 g/mol. The number of hydrogen-bond acceptors (Lipinski definition) is 2. The van der Waals surface area contributed by atoms with E-state index in [2.05, 4.69) is 253 Å². The van der Waals surface area contributed by atoms with Gasteiger partial charge in [0, 0.05) is 50.5 Å². The normalized spacial score (nSPS) is 11.5. The Balaban J connectivity index is 0.000000313. The fraction of sp³-hybridized carbons (Fsp3) is 0.0746. The number of furan rings is 1. The topological polar surface area (TPSA) is 35.0 Å². The van der Waals surface area contributed by atoms with Crippen molar-refractivity contribution in [3.63, 3.8) is 0 Å². The summed E-state index contributed by atoms with van der Waals surface area (Å²) >= 11 is 0. The maximum atomic E-state index is 6.71. The van der Waals surface area contributed by atoms with E-state index < -0.39 is 0 Å². The second-order valence-corrected chi connectivity index (χ2v) is 18.0. The first-order valence-corrected chi connectivity index (χ1v) is 24.7. The van der Waals surface area contributed by atoms with Crippen LogP contribution in [0.25, 0.3) is 82.6 Å². The lowest BCUT2D eigenvalue weighted by molar-refractivity contribution is 0.673. The third kappa shape index (κ3) is 9.12. The highest BCUT2D eigenvalue weighted by molar-refractivity contribution is 6.29. The molecule has 3 heterocycles. The van der Waals surface area contributed by atoms with Crippen molar-refractivity contribution in [3.05, 3.63) is 283 Å². The number of aromatic nitrogens is 2. The first-order chi connectivity index (χ1) is 35.1. The number of para-hydroxylation sites is 3. The molecule has 71 heavy (non-hydrogen) atoms. The second-order valence-electron chi connectivity index (χ2n) is 18.0. The molecule has 13 rings (SSSR count). The highest BCUT2D eigenvalue weighted by Gasteiger charge is 2.24. The Morgan fingerprint density at radius 1 is 0.451 bits per heavy atom. The van der Waals surface area contributed by atoms with Gasteiger partial charge < -0.3 is 18.9 Å². The molecule has 0 unspecified atom stereocenters. The van der Waals surface area contributed by atoms with Crippen molar-refractivity contribution in [3.8, 4) is 11.4 Å². The summed E-state index contributed by atoms with van der Waals surface area (Å²) in [7, 11) is 0. The zero-order valence-corrected chi connectivity index (χ0v) is 40.2. The van der Waals surface area contributed by atoms with E-state index in [4.69, 9.17) is 4.42 Å². The van der Waals surface area contributed by atoms with Gasteiger partial charge in [-0.25, -0.2) is 0 Å². The number of benzene rings is 10. The van der Waals surface area contributed by atoms with Crippen LogP contribution in [-0.4, -0.2) is 9.13 Å². The SMILES string of the molecule is C(/Cc1ccccc1)=C(/NCc1cccc(-n2c3ccccc3c3ccc4c5c6oc7ccccc7c6ccc5n(-c5ccccc5)c4c32)c1)c1ccccc1.CCc1ccccc1.Cc1ccccc1. The van der Waals surface area contributed by atoms with Crippen molar-refractivity contribution < 1.29 is 4.42 Å². The van der Waals surface area contributed by atoms with Crippen molar-refractivity contribution in [1.29, 1.82) is 0 Å². The number of rotatable bonds is 9. The summed E-state index contributed by atoms with van der Waals surface area (Å²) < 4.78 is 11.6. The van der Waals surface area contributed by atoms with Gasteiger partial charge in [-0.05, 0) is 90.6 Å². The van der Waals surface area contributed by atoms with Crippen LogP contribution >= 0.6 is 0 Å². The molecule has 4 heteroatoms. The van der Waals surface area contributed by atoms with Gasteiger partial charge in [-0.1, -0.05) is 219 Å². The maximum absolute atomic E-state index is 6.71. The molecule has 10 aromatic carbocycles. The molecule has 0 saturated carbocycles. The molecule has 0 saturated heterocycles. The van der Waals surface area contributed by atoms with Gasteiger partial charge >= 0.3 is 0 Å². The van der Waals surface area contributed by atoms with Crippen molar-refractivity contribution >= 4 is 71.2 Å². The minimum atomic E-state index is 0.685. The summed E-state index contributed by atoms with van der Waals surface area (Å²) in [4.78, 5) is 0. The fourth-order valence-corrected chi connectivity index (χ4v) is 9.92. The Morgan fingerprint density at radius 3 is 1.69 bits per heavy atom. The van der Waals surface area contributed by atoms with Gasteiger partial charge in [0.1, 0.15) is 11.2 Å². The van der Waals surface area contributed by atoms with Gasteiger partial charge in [-0.2, -0.15) is 0 Å². The standard InChI is InChI=1S/C52H37N3O.C8H10.C7H8/c1-4-15-35(16-5-1)27-31-45(37-18-6-2-7-19-37)53-34-36-17-14-22-39(33-36)55-46-25-12-10-23-40(46)42-28-29-44-49-47(54(51(44)50(42)55)38-20-8-3-9-21-38)32-30-43-41-24-11-13-26-48(41)56-52(43)49;1-2-8-6-4-3-5-7-8;1-7-5-3-2-4-6-7/h1-26,28-33,53H,27,34H2;3-7H,2H2,1H3;2-6H,1H3/b45-31-;;. The van der Waals surface area contributed by atoms with Crippen molar-refractivity contribution in [2.45, 2.75) is 33.2 Å².